The normalized spacial score (nSPS) is 33.5. The molecule has 8 atom stereocenters. The molecule has 0 aromatic carbocycles. The maximum atomic E-state index is 12.0. The van der Waals surface area contributed by atoms with Gasteiger partial charge in [0.2, 0.25) is 5.91 Å². The van der Waals surface area contributed by atoms with Crippen LogP contribution in [0, 0.1) is 29.6 Å². The van der Waals surface area contributed by atoms with Gasteiger partial charge in [-0.15, -0.1) is 0 Å². The Balaban J connectivity index is 2.75. The Morgan fingerprint density at radius 1 is 1.00 bits per heavy atom. The first-order valence-corrected chi connectivity index (χ1v) is 10.7. The highest BCUT2D eigenvalue weighted by Crippen LogP contribution is 2.38. The van der Waals surface area contributed by atoms with Crippen molar-refractivity contribution >= 4 is 5.91 Å². The van der Waals surface area contributed by atoms with Gasteiger partial charge >= 0.3 is 0 Å². The number of hydrogen-bond donors (Lipinski definition) is 1. The highest BCUT2D eigenvalue weighted by molar-refractivity contribution is 5.75. The summed E-state index contributed by atoms with van der Waals surface area (Å²) in [5.41, 5.74) is 0. The minimum absolute atomic E-state index is 0.172. The van der Waals surface area contributed by atoms with Crippen LogP contribution in [0.5, 0.6) is 0 Å². The van der Waals surface area contributed by atoms with Crippen molar-refractivity contribution < 1.29 is 9.53 Å². The minimum atomic E-state index is 0.172. The van der Waals surface area contributed by atoms with Crippen molar-refractivity contribution in [3.05, 3.63) is 0 Å². The van der Waals surface area contributed by atoms with Crippen molar-refractivity contribution in [2.75, 3.05) is 0 Å². The summed E-state index contributed by atoms with van der Waals surface area (Å²) in [7, 11) is 0. The largest absolute Gasteiger partial charge is 0.374 e. The van der Waals surface area contributed by atoms with E-state index in [9.17, 15) is 4.79 Å². The molecule has 1 N–H and O–H groups in total. The van der Waals surface area contributed by atoms with Gasteiger partial charge in [0.15, 0.2) is 0 Å². The number of rotatable bonds is 9. The second-order valence-electron chi connectivity index (χ2n) is 8.55. The summed E-state index contributed by atoms with van der Waals surface area (Å²) < 4.78 is 6.47. The zero-order chi connectivity index (χ0) is 19.1. The molecular weight excluding hydrogens is 310 g/mol. The molecule has 4 unspecified atom stereocenters. The summed E-state index contributed by atoms with van der Waals surface area (Å²) in [5, 5.41) is 3.29. The Morgan fingerprint density at radius 2 is 1.60 bits per heavy atom. The van der Waals surface area contributed by atoms with E-state index in [1.165, 1.54) is 0 Å². The van der Waals surface area contributed by atoms with E-state index in [2.05, 4.69) is 53.8 Å². The fourth-order valence-corrected chi connectivity index (χ4v) is 4.31. The zero-order valence-electron chi connectivity index (χ0n) is 18.0. The highest BCUT2D eigenvalue weighted by Gasteiger charge is 2.38. The Labute approximate surface area is 156 Å². The lowest BCUT2D eigenvalue weighted by Gasteiger charge is -2.44. The second-order valence-corrected chi connectivity index (χ2v) is 8.55. The lowest BCUT2D eigenvalue weighted by atomic mass is 9.74. The van der Waals surface area contributed by atoms with Gasteiger partial charge in [0.1, 0.15) is 0 Å². The van der Waals surface area contributed by atoms with Gasteiger partial charge in [0, 0.05) is 12.5 Å². The number of carbonyl (C=O) groups is 1. The molecule has 1 fully saturated rings. The van der Waals surface area contributed by atoms with E-state index in [1.54, 1.807) is 0 Å². The third-order valence-corrected chi connectivity index (χ3v) is 7.19. The van der Waals surface area contributed by atoms with E-state index in [0.717, 1.165) is 25.7 Å². The molecule has 1 heterocycles. The second kappa shape index (κ2) is 10.5. The van der Waals surface area contributed by atoms with Gasteiger partial charge in [-0.05, 0) is 48.9 Å². The number of amides is 1. The molecule has 0 bridgehead atoms. The lowest BCUT2D eigenvalue weighted by molar-refractivity contribution is -0.138. The third kappa shape index (κ3) is 5.98. The molecule has 0 saturated carbocycles. The molecule has 1 aliphatic heterocycles. The van der Waals surface area contributed by atoms with Gasteiger partial charge in [-0.25, -0.2) is 0 Å². The van der Waals surface area contributed by atoms with Crippen LogP contribution in [0.3, 0.4) is 0 Å². The monoisotopic (exact) mass is 353 g/mol. The van der Waals surface area contributed by atoms with Crippen molar-refractivity contribution in [2.45, 2.75) is 106 Å². The van der Waals surface area contributed by atoms with Crippen LogP contribution in [0.2, 0.25) is 0 Å². The first-order valence-electron chi connectivity index (χ1n) is 10.7. The van der Waals surface area contributed by atoms with Crippen LogP contribution >= 0.6 is 0 Å². The molecule has 0 spiro atoms. The number of hydrogen-bond acceptors (Lipinski definition) is 2. The Kier molecular flexibility index (Phi) is 9.48. The van der Waals surface area contributed by atoms with Crippen LogP contribution in [0.15, 0.2) is 0 Å². The molecular formula is C22H43NO2. The smallest absolute Gasteiger partial charge is 0.219 e. The van der Waals surface area contributed by atoms with Crippen molar-refractivity contribution in [1.29, 1.82) is 0 Å². The van der Waals surface area contributed by atoms with Gasteiger partial charge in [-0.3, -0.25) is 4.79 Å². The van der Waals surface area contributed by atoms with Gasteiger partial charge in [0.25, 0.3) is 0 Å². The fraction of sp³-hybridized carbons (Fsp3) is 0.955. The van der Waals surface area contributed by atoms with Gasteiger partial charge in [-0.1, -0.05) is 61.8 Å². The van der Waals surface area contributed by atoms with E-state index in [1.807, 2.05) is 6.92 Å². The maximum absolute atomic E-state index is 12.0. The molecule has 0 radical (unpaired) electrons. The molecule has 0 aliphatic carbocycles. The summed E-state index contributed by atoms with van der Waals surface area (Å²) in [4.78, 5) is 12.0. The SMILES string of the molecule is CCC(=O)N[C@@H](CCC1OC(CC)[C@H](C)C(C)C1C)[C@H](C)[C@H](C)CC. The van der Waals surface area contributed by atoms with Crippen molar-refractivity contribution in [1.82, 2.24) is 5.32 Å². The molecule has 1 amide bonds. The van der Waals surface area contributed by atoms with Crippen molar-refractivity contribution in [3.63, 3.8) is 0 Å². The molecule has 0 aromatic heterocycles. The number of carbonyl (C=O) groups excluding carboxylic acids is 1. The summed E-state index contributed by atoms with van der Waals surface area (Å²) in [6, 6.07) is 0.257. The van der Waals surface area contributed by atoms with Gasteiger partial charge in [0.05, 0.1) is 12.2 Å². The summed E-state index contributed by atoms with van der Waals surface area (Å²) in [6.07, 6.45) is 5.57. The zero-order valence-corrected chi connectivity index (χ0v) is 18.0. The van der Waals surface area contributed by atoms with E-state index in [-0.39, 0.29) is 11.9 Å². The summed E-state index contributed by atoms with van der Waals surface area (Å²) in [6.45, 7) is 18.0. The Morgan fingerprint density at radius 3 is 2.12 bits per heavy atom. The van der Waals surface area contributed by atoms with E-state index in [4.69, 9.17) is 4.74 Å². The molecule has 3 nitrogen and oxygen atoms in total. The third-order valence-electron chi connectivity index (χ3n) is 7.19. The average Bonchev–Trinajstić information content (AvgIpc) is 2.62. The van der Waals surface area contributed by atoms with Gasteiger partial charge in [-0.2, -0.15) is 0 Å². The maximum Gasteiger partial charge on any atom is 0.219 e. The Bertz CT molecular complexity index is 395. The quantitative estimate of drug-likeness (QED) is 0.600. The summed E-state index contributed by atoms with van der Waals surface area (Å²) in [5.74, 6) is 3.20. The lowest BCUT2D eigenvalue weighted by Crippen LogP contribution is -2.46. The van der Waals surface area contributed by atoms with Crippen molar-refractivity contribution in [2.24, 2.45) is 29.6 Å². The first kappa shape index (κ1) is 22.5. The number of ether oxygens (including phenoxy) is 1. The van der Waals surface area contributed by atoms with Crippen LogP contribution in [-0.2, 0) is 9.53 Å². The fourth-order valence-electron chi connectivity index (χ4n) is 4.31. The van der Waals surface area contributed by atoms with Crippen LogP contribution < -0.4 is 5.32 Å². The average molecular weight is 354 g/mol. The van der Waals surface area contributed by atoms with E-state index in [0.29, 0.717) is 48.2 Å². The highest BCUT2D eigenvalue weighted by atomic mass is 16.5. The number of nitrogens with one attached hydrogen (secondary N) is 1. The van der Waals surface area contributed by atoms with Crippen LogP contribution in [0.25, 0.3) is 0 Å². The Hall–Kier alpha value is -0.570. The standard InChI is InChI=1S/C22H43NO2/c1-9-14(4)15(5)19(23-22(24)11-3)12-13-21-18(8)16(6)17(7)20(10-2)25-21/h14-21H,9-13H2,1-8H3,(H,23,24)/t14-,15-,16?,17-,18?,19+,20?,21?/m1/s1. The van der Waals surface area contributed by atoms with Crippen LogP contribution in [0.4, 0.5) is 0 Å². The molecule has 1 rings (SSSR count). The molecule has 25 heavy (non-hydrogen) atoms. The summed E-state index contributed by atoms with van der Waals surface area (Å²) >= 11 is 0. The molecule has 0 aromatic rings. The molecule has 1 aliphatic rings. The van der Waals surface area contributed by atoms with Crippen LogP contribution in [-0.4, -0.2) is 24.2 Å². The predicted molar refractivity (Wildman–Crippen MR) is 107 cm³/mol. The minimum Gasteiger partial charge on any atom is -0.374 e. The van der Waals surface area contributed by atoms with Gasteiger partial charge < -0.3 is 10.1 Å². The molecule has 148 valence electrons. The predicted octanol–water partition coefficient (Wildman–Crippen LogP) is 5.43. The first-order chi connectivity index (χ1) is 11.8. The van der Waals surface area contributed by atoms with E-state index < -0.39 is 0 Å². The van der Waals surface area contributed by atoms with Crippen molar-refractivity contribution in [3.8, 4) is 0 Å². The topological polar surface area (TPSA) is 38.3 Å². The van der Waals surface area contributed by atoms with E-state index >= 15 is 0 Å². The molecule has 3 heteroatoms. The molecule has 1 saturated heterocycles. The van der Waals surface area contributed by atoms with Crippen LogP contribution in [0.1, 0.15) is 87.5 Å².